The molecular weight excluding hydrogens is 172 g/mol. The number of rotatable bonds is 3. The van der Waals surface area contributed by atoms with Gasteiger partial charge < -0.3 is 4.90 Å². The van der Waals surface area contributed by atoms with Gasteiger partial charge in [0.2, 0.25) is 0 Å². The van der Waals surface area contributed by atoms with Gasteiger partial charge in [-0.05, 0) is 0 Å². The van der Waals surface area contributed by atoms with Gasteiger partial charge >= 0.3 is 0 Å². The highest BCUT2D eigenvalue weighted by molar-refractivity contribution is 7.07. The number of hydrogen-bond acceptors (Lipinski definition) is 3. The molecule has 12 heavy (non-hydrogen) atoms. The third kappa shape index (κ3) is 1.92. The van der Waals surface area contributed by atoms with Gasteiger partial charge in [-0.3, -0.25) is 4.79 Å². The first-order chi connectivity index (χ1) is 5.75. The average molecular weight is 182 g/mol. The molecule has 0 atom stereocenters. The van der Waals surface area contributed by atoms with Crippen LogP contribution in [0.3, 0.4) is 0 Å². The molecule has 0 radical (unpaired) electrons. The molecule has 1 heterocycles. The van der Waals surface area contributed by atoms with Crippen molar-refractivity contribution < 1.29 is 4.79 Å². The molecule has 1 aromatic rings. The Hall–Kier alpha value is -1.16. The Balaban J connectivity index is 2.65. The molecule has 0 unspecified atom stereocenters. The summed E-state index contributed by atoms with van der Waals surface area (Å²) in [6.45, 7) is 4.10. The second-order valence-corrected chi connectivity index (χ2v) is 3.07. The molecule has 0 aliphatic heterocycles. The highest BCUT2D eigenvalue weighted by Crippen LogP contribution is 2.03. The Morgan fingerprint density at radius 2 is 2.67 bits per heavy atom. The molecule has 0 saturated carbocycles. The standard InChI is InChI=1S/C8H10N2OS/c1-3-4-10(2)8(11)7-5-12-6-9-7/h3,5-6H,1,4H2,2H3. The maximum atomic E-state index is 11.4. The van der Waals surface area contributed by atoms with E-state index in [1.165, 1.54) is 11.3 Å². The zero-order valence-corrected chi connectivity index (χ0v) is 7.67. The molecule has 0 aliphatic carbocycles. The van der Waals surface area contributed by atoms with Crippen molar-refractivity contribution in [2.45, 2.75) is 0 Å². The third-order valence-corrected chi connectivity index (χ3v) is 1.99. The van der Waals surface area contributed by atoms with E-state index in [2.05, 4.69) is 11.6 Å². The van der Waals surface area contributed by atoms with Crippen LogP contribution < -0.4 is 0 Å². The fourth-order valence-electron chi connectivity index (χ4n) is 0.790. The molecule has 0 aromatic carbocycles. The number of thiazole rings is 1. The quantitative estimate of drug-likeness (QED) is 0.662. The zero-order valence-electron chi connectivity index (χ0n) is 6.86. The summed E-state index contributed by atoms with van der Waals surface area (Å²) in [7, 11) is 1.73. The molecule has 0 bridgehead atoms. The summed E-state index contributed by atoms with van der Waals surface area (Å²) in [6, 6.07) is 0. The molecule has 0 saturated heterocycles. The second kappa shape index (κ2) is 4.01. The Bertz CT molecular complexity index is 269. The Labute approximate surface area is 75.3 Å². The van der Waals surface area contributed by atoms with E-state index in [0.717, 1.165) is 0 Å². The molecule has 1 rings (SSSR count). The number of likely N-dealkylation sites (N-methyl/N-ethyl adjacent to an activating group) is 1. The molecule has 0 spiro atoms. The lowest BCUT2D eigenvalue weighted by Gasteiger charge is -2.12. The maximum absolute atomic E-state index is 11.4. The first-order valence-electron chi connectivity index (χ1n) is 3.50. The highest BCUT2D eigenvalue weighted by Gasteiger charge is 2.11. The summed E-state index contributed by atoms with van der Waals surface area (Å²) in [5, 5.41) is 1.74. The molecule has 0 fully saturated rings. The Kier molecular flexibility index (Phi) is 2.99. The van der Waals surface area contributed by atoms with Gasteiger partial charge in [0.25, 0.3) is 5.91 Å². The molecule has 1 aromatic heterocycles. The van der Waals surface area contributed by atoms with Crippen LogP contribution in [-0.2, 0) is 0 Å². The number of aromatic nitrogens is 1. The highest BCUT2D eigenvalue weighted by atomic mass is 32.1. The van der Waals surface area contributed by atoms with Crippen LogP contribution in [-0.4, -0.2) is 29.4 Å². The molecule has 64 valence electrons. The molecular formula is C8H10N2OS. The van der Waals surface area contributed by atoms with Gasteiger partial charge in [-0.1, -0.05) is 6.08 Å². The van der Waals surface area contributed by atoms with Crippen LogP contribution in [0.2, 0.25) is 0 Å². The van der Waals surface area contributed by atoms with Gasteiger partial charge in [-0.2, -0.15) is 0 Å². The van der Waals surface area contributed by atoms with Gasteiger partial charge in [-0.25, -0.2) is 4.98 Å². The van der Waals surface area contributed by atoms with Crippen LogP contribution in [0.4, 0.5) is 0 Å². The third-order valence-electron chi connectivity index (χ3n) is 1.40. The van der Waals surface area contributed by atoms with E-state index in [9.17, 15) is 4.79 Å². The fourth-order valence-corrected chi connectivity index (χ4v) is 1.32. The molecule has 1 amide bonds. The van der Waals surface area contributed by atoms with Crippen molar-refractivity contribution in [3.05, 3.63) is 29.2 Å². The van der Waals surface area contributed by atoms with Crippen molar-refractivity contribution in [1.29, 1.82) is 0 Å². The van der Waals surface area contributed by atoms with Crippen molar-refractivity contribution in [2.24, 2.45) is 0 Å². The number of nitrogens with zero attached hydrogens (tertiary/aromatic N) is 2. The van der Waals surface area contributed by atoms with Crippen LogP contribution in [0, 0.1) is 0 Å². The van der Waals surface area contributed by atoms with Crippen molar-refractivity contribution in [1.82, 2.24) is 9.88 Å². The van der Waals surface area contributed by atoms with E-state index < -0.39 is 0 Å². The number of amides is 1. The molecule has 0 N–H and O–H groups in total. The smallest absolute Gasteiger partial charge is 0.273 e. The van der Waals surface area contributed by atoms with E-state index in [1.807, 2.05) is 0 Å². The summed E-state index contributed by atoms with van der Waals surface area (Å²) >= 11 is 1.42. The minimum absolute atomic E-state index is 0.0591. The monoisotopic (exact) mass is 182 g/mol. The first kappa shape index (κ1) is 8.93. The van der Waals surface area contributed by atoms with Crippen LogP contribution in [0.5, 0.6) is 0 Å². The van der Waals surface area contributed by atoms with Crippen molar-refractivity contribution >= 4 is 17.2 Å². The average Bonchev–Trinajstić information content (AvgIpc) is 2.55. The molecule has 4 heteroatoms. The minimum atomic E-state index is -0.0591. The topological polar surface area (TPSA) is 33.2 Å². The summed E-state index contributed by atoms with van der Waals surface area (Å²) < 4.78 is 0. The first-order valence-corrected chi connectivity index (χ1v) is 4.44. The normalized spacial score (nSPS) is 9.42. The minimum Gasteiger partial charge on any atom is -0.337 e. The van der Waals surface area contributed by atoms with Crippen molar-refractivity contribution in [3.8, 4) is 0 Å². The Morgan fingerprint density at radius 3 is 3.17 bits per heavy atom. The van der Waals surface area contributed by atoms with E-state index in [0.29, 0.717) is 12.2 Å². The van der Waals surface area contributed by atoms with Gasteiger partial charge in [0, 0.05) is 19.0 Å². The van der Waals surface area contributed by atoms with Crippen molar-refractivity contribution in [2.75, 3.05) is 13.6 Å². The van der Waals surface area contributed by atoms with E-state index in [4.69, 9.17) is 0 Å². The maximum Gasteiger partial charge on any atom is 0.273 e. The summed E-state index contributed by atoms with van der Waals surface area (Å²) in [4.78, 5) is 16.9. The van der Waals surface area contributed by atoms with Gasteiger partial charge in [-0.15, -0.1) is 17.9 Å². The van der Waals surface area contributed by atoms with Crippen LogP contribution in [0.1, 0.15) is 10.5 Å². The number of carbonyl (C=O) groups excluding carboxylic acids is 1. The SMILES string of the molecule is C=CCN(C)C(=O)c1cscn1. The van der Waals surface area contributed by atoms with E-state index in [1.54, 1.807) is 28.9 Å². The predicted octanol–water partition coefficient (Wildman–Crippen LogP) is 1.40. The number of hydrogen-bond donors (Lipinski definition) is 0. The lowest BCUT2D eigenvalue weighted by atomic mass is 10.4. The van der Waals surface area contributed by atoms with Gasteiger partial charge in [0.1, 0.15) is 5.69 Å². The molecule has 0 aliphatic rings. The fraction of sp³-hybridized carbons (Fsp3) is 0.250. The van der Waals surface area contributed by atoms with E-state index >= 15 is 0 Å². The summed E-state index contributed by atoms with van der Waals surface area (Å²) in [5.41, 5.74) is 2.15. The van der Waals surface area contributed by atoms with Crippen LogP contribution in [0.15, 0.2) is 23.5 Å². The second-order valence-electron chi connectivity index (χ2n) is 2.35. The lowest BCUT2D eigenvalue weighted by Crippen LogP contribution is -2.26. The zero-order chi connectivity index (χ0) is 8.97. The van der Waals surface area contributed by atoms with Crippen LogP contribution in [0.25, 0.3) is 0 Å². The summed E-state index contributed by atoms with van der Waals surface area (Å²) in [6.07, 6.45) is 1.68. The number of carbonyl (C=O) groups is 1. The molecule has 3 nitrogen and oxygen atoms in total. The Morgan fingerprint density at radius 1 is 1.92 bits per heavy atom. The van der Waals surface area contributed by atoms with Crippen LogP contribution >= 0.6 is 11.3 Å². The largest absolute Gasteiger partial charge is 0.337 e. The van der Waals surface area contributed by atoms with Gasteiger partial charge in [0.15, 0.2) is 0 Å². The summed E-state index contributed by atoms with van der Waals surface area (Å²) in [5.74, 6) is -0.0591. The van der Waals surface area contributed by atoms with Crippen molar-refractivity contribution in [3.63, 3.8) is 0 Å². The van der Waals surface area contributed by atoms with Gasteiger partial charge in [0.05, 0.1) is 5.51 Å². The lowest BCUT2D eigenvalue weighted by molar-refractivity contribution is 0.0805. The van der Waals surface area contributed by atoms with E-state index in [-0.39, 0.29) is 5.91 Å². The predicted molar refractivity (Wildman–Crippen MR) is 49.3 cm³/mol.